The summed E-state index contributed by atoms with van der Waals surface area (Å²) >= 11 is 0. The number of benzene rings is 2. The third-order valence-electron chi connectivity index (χ3n) is 6.17. The average Bonchev–Trinajstić information content (AvgIpc) is 2.87. The van der Waals surface area contributed by atoms with Crippen LogP contribution in [-0.2, 0) is 14.4 Å². The second-order valence-corrected chi connectivity index (χ2v) is 9.38. The summed E-state index contributed by atoms with van der Waals surface area (Å²) < 4.78 is 0. The normalized spacial score (nSPS) is 18.2. The van der Waals surface area contributed by atoms with E-state index in [9.17, 15) is 19.2 Å². The van der Waals surface area contributed by atoms with E-state index >= 15 is 0 Å². The van der Waals surface area contributed by atoms with Crippen LogP contribution >= 0.6 is 0 Å². The van der Waals surface area contributed by atoms with Crippen molar-refractivity contribution in [2.24, 2.45) is 5.41 Å². The van der Waals surface area contributed by atoms with Crippen molar-refractivity contribution >= 4 is 29.4 Å². The van der Waals surface area contributed by atoms with Crippen LogP contribution in [0.2, 0.25) is 0 Å². The van der Waals surface area contributed by atoms with E-state index in [1.54, 1.807) is 30.9 Å². The molecule has 0 spiro atoms. The number of fused-ring (bicyclic) bond motifs is 2. The molecule has 33 heavy (non-hydrogen) atoms. The molecule has 2 aliphatic heterocycles. The number of carboxylic acids is 1. The minimum absolute atomic E-state index is 0.0578. The summed E-state index contributed by atoms with van der Waals surface area (Å²) in [5.74, 6) is -1.76. The van der Waals surface area contributed by atoms with Crippen LogP contribution in [0.15, 0.2) is 48.5 Å². The minimum Gasteiger partial charge on any atom is -0.481 e. The maximum atomic E-state index is 13.4. The van der Waals surface area contributed by atoms with Gasteiger partial charge in [0.15, 0.2) is 0 Å². The van der Waals surface area contributed by atoms with Crippen molar-refractivity contribution in [1.29, 1.82) is 0 Å². The maximum absolute atomic E-state index is 13.4. The molecule has 2 aliphatic rings. The summed E-state index contributed by atoms with van der Waals surface area (Å²) in [5, 5.41) is 11.9. The predicted molar refractivity (Wildman–Crippen MR) is 123 cm³/mol. The van der Waals surface area contributed by atoms with E-state index in [4.69, 9.17) is 5.11 Å². The van der Waals surface area contributed by atoms with Crippen LogP contribution < -0.4 is 5.32 Å². The largest absolute Gasteiger partial charge is 0.481 e. The number of amides is 3. The van der Waals surface area contributed by atoms with Crippen molar-refractivity contribution in [3.63, 3.8) is 0 Å². The van der Waals surface area contributed by atoms with Crippen molar-refractivity contribution in [3.05, 3.63) is 54.1 Å². The van der Waals surface area contributed by atoms with Crippen molar-refractivity contribution in [2.45, 2.75) is 32.7 Å². The number of nitrogens with zero attached hydrogens (tertiary/aromatic N) is 2. The topological polar surface area (TPSA) is 107 Å². The second-order valence-electron chi connectivity index (χ2n) is 9.38. The first kappa shape index (κ1) is 22.5. The molecule has 0 aromatic heterocycles. The van der Waals surface area contributed by atoms with Gasteiger partial charge in [-0.1, -0.05) is 50.2 Å². The van der Waals surface area contributed by atoms with Crippen LogP contribution in [0.1, 0.15) is 37.0 Å². The molecule has 4 rings (SSSR count). The van der Waals surface area contributed by atoms with Gasteiger partial charge in [0, 0.05) is 19.5 Å². The van der Waals surface area contributed by atoms with E-state index < -0.39 is 17.4 Å². The molecule has 1 saturated heterocycles. The zero-order chi connectivity index (χ0) is 23.8. The van der Waals surface area contributed by atoms with E-state index in [0.29, 0.717) is 17.8 Å². The standard InChI is InChI=1S/C25H27N3O5/c1-25(2,14-22(30)31)13-21(29)27-10-11-28-20(15-27)23(32)26-19-9-8-17(12-18(19)24(28)33)16-6-4-3-5-7-16/h3-9,12,20H,10-11,13-15H2,1-2H3,(H,26,32)(H,30,31). The number of rotatable bonds is 5. The first-order chi connectivity index (χ1) is 15.6. The molecule has 1 atom stereocenters. The number of nitrogens with one attached hydrogen (secondary N) is 1. The van der Waals surface area contributed by atoms with E-state index in [1.807, 2.05) is 36.4 Å². The van der Waals surface area contributed by atoms with Gasteiger partial charge in [-0.3, -0.25) is 19.2 Å². The fourth-order valence-corrected chi connectivity index (χ4v) is 4.48. The first-order valence-electron chi connectivity index (χ1n) is 11.0. The van der Waals surface area contributed by atoms with Crippen LogP contribution in [0.25, 0.3) is 11.1 Å². The third-order valence-corrected chi connectivity index (χ3v) is 6.17. The Morgan fingerprint density at radius 3 is 2.45 bits per heavy atom. The second kappa shape index (κ2) is 8.69. The molecule has 8 heteroatoms. The van der Waals surface area contributed by atoms with Crippen molar-refractivity contribution in [3.8, 4) is 11.1 Å². The maximum Gasteiger partial charge on any atom is 0.303 e. The Labute approximate surface area is 192 Å². The van der Waals surface area contributed by atoms with Gasteiger partial charge in [-0.25, -0.2) is 0 Å². The van der Waals surface area contributed by atoms with Gasteiger partial charge >= 0.3 is 5.97 Å². The molecule has 2 aromatic carbocycles. The highest BCUT2D eigenvalue weighted by Crippen LogP contribution is 2.31. The first-order valence-corrected chi connectivity index (χ1v) is 11.0. The zero-order valence-corrected chi connectivity index (χ0v) is 18.7. The molecular formula is C25H27N3O5. The van der Waals surface area contributed by atoms with Gasteiger partial charge in [-0.2, -0.15) is 0 Å². The molecule has 2 heterocycles. The molecule has 8 nitrogen and oxygen atoms in total. The fourth-order valence-electron chi connectivity index (χ4n) is 4.48. The van der Waals surface area contributed by atoms with E-state index in [0.717, 1.165) is 11.1 Å². The van der Waals surface area contributed by atoms with E-state index in [2.05, 4.69) is 5.32 Å². The molecule has 2 N–H and O–H groups in total. The van der Waals surface area contributed by atoms with Crippen LogP contribution in [-0.4, -0.2) is 64.3 Å². The van der Waals surface area contributed by atoms with Crippen molar-refractivity contribution < 1.29 is 24.3 Å². The molecule has 3 amide bonds. The van der Waals surface area contributed by atoms with Crippen molar-refractivity contribution in [2.75, 3.05) is 25.0 Å². The van der Waals surface area contributed by atoms with Gasteiger partial charge in [0.1, 0.15) is 6.04 Å². The van der Waals surface area contributed by atoms with E-state index in [-0.39, 0.29) is 43.7 Å². The highest BCUT2D eigenvalue weighted by Gasteiger charge is 2.41. The highest BCUT2D eigenvalue weighted by atomic mass is 16.4. The Morgan fingerprint density at radius 1 is 1.03 bits per heavy atom. The number of aliphatic carboxylic acids is 1. The van der Waals surface area contributed by atoms with Gasteiger partial charge < -0.3 is 20.2 Å². The van der Waals surface area contributed by atoms with Crippen LogP contribution in [0, 0.1) is 5.41 Å². The molecule has 0 radical (unpaired) electrons. The number of hydrogen-bond acceptors (Lipinski definition) is 4. The van der Waals surface area contributed by atoms with E-state index in [1.165, 1.54) is 4.90 Å². The average molecular weight is 450 g/mol. The fraction of sp³-hybridized carbons (Fsp3) is 0.360. The lowest BCUT2D eigenvalue weighted by atomic mass is 9.85. The van der Waals surface area contributed by atoms with Gasteiger partial charge in [0.2, 0.25) is 11.8 Å². The van der Waals surface area contributed by atoms with Crippen LogP contribution in [0.4, 0.5) is 5.69 Å². The number of piperazine rings is 1. The van der Waals surface area contributed by atoms with Crippen LogP contribution in [0.3, 0.4) is 0 Å². The quantitative estimate of drug-likeness (QED) is 0.730. The Hall–Kier alpha value is -3.68. The summed E-state index contributed by atoms with van der Waals surface area (Å²) in [7, 11) is 0. The number of hydrogen-bond donors (Lipinski definition) is 2. The van der Waals surface area contributed by atoms with Gasteiger partial charge in [0.05, 0.1) is 24.2 Å². The zero-order valence-electron chi connectivity index (χ0n) is 18.7. The lowest BCUT2D eigenvalue weighted by Gasteiger charge is -2.40. The molecule has 1 fully saturated rings. The van der Waals surface area contributed by atoms with Gasteiger partial charge in [0.25, 0.3) is 5.91 Å². The summed E-state index contributed by atoms with van der Waals surface area (Å²) in [5.41, 5.74) is 2.03. The monoisotopic (exact) mass is 449 g/mol. The molecule has 1 unspecified atom stereocenters. The molecule has 2 aromatic rings. The number of carbonyl (C=O) groups excluding carboxylic acids is 3. The smallest absolute Gasteiger partial charge is 0.303 e. The Kier molecular flexibility index (Phi) is 5.93. The lowest BCUT2D eigenvalue weighted by Crippen LogP contribution is -2.59. The number of anilines is 1. The minimum atomic E-state index is -0.959. The summed E-state index contributed by atoms with van der Waals surface area (Å²) in [6.07, 6.45) is -0.0671. The summed E-state index contributed by atoms with van der Waals surface area (Å²) in [6, 6.07) is 14.3. The highest BCUT2D eigenvalue weighted by molar-refractivity contribution is 6.10. The Bertz CT molecular complexity index is 1110. The summed E-state index contributed by atoms with van der Waals surface area (Å²) in [6.45, 7) is 4.08. The predicted octanol–water partition coefficient (Wildman–Crippen LogP) is 2.85. The van der Waals surface area contributed by atoms with Crippen molar-refractivity contribution in [1.82, 2.24) is 9.80 Å². The lowest BCUT2D eigenvalue weighted by molar-refractivity contribution is -0.141. The molecule has 0 bridgehead atoms. The summed E-state index contributed by atoms with van der Waals surface area (Å²) in [4.78, 5) is 53.4. The molecule has 172 valence electrons. The SMILES string of the molecule is CC(C)(CC(=O)O)CC(=O)N1CCN2C(=O)c3cc(-c4ccccc4)ccc3NC(=O)C2C1. The molecule has 0 aliphatic carbocycles. The molecule has 0 saturated carbocycles. The third kappa shape index (κ3) is 4.74. The Balaban J connectivity index is 1.54. The van der Waals surface area contributed by atoms with Gasteiger partial charge in [-0.05, 0) is 28.7 Å². The van der Waals surface area contributed by atoms with Gasteiger partial charge in [-0.15, -0.1) is 0 Å². The number of carbonyl (C=O) groups is 4. The number of carboxylic acid groups (broad SMARTS) is 1. The Morgan fingerprint density at radius 2 is 1.76 bits per heavy atom. The van der Waals surface area contributed by atoms with Crippen LogP contribution in [0.5, 0.6) is 0 Å². The molecular weight excluding hydrogens is 422 g/mol.